The number of nitrogens with one attached hydrogen (secondary N) is 1. The molecule has 1 atom stereocenters. The predicted molar refractivity (Wildman–Crippen MR) is 131 cm³/mol. The lowest BCUT2D eigenvalue weighted by Gasteiger charge is -2.20. The summed E-state index contributed by atoms with van der Waals surface area (Å²) in [4.78, 5) is 26.7. The van der Waals surface area contributed by atoms with Crippen molar-refractivity contribution in [3.05, 3.63) is 40.3 Å². The van der Waals surface area contributed by atoms with Gasteiger partial charge in [-0.05, 0) is 72.4 Å². The lowest BCUT2D eigenvalue weighted by atomic mass is 9.85. The van der Waals surface area contributed by atoms with E-state index in [2.05, 4.69) is 27.8 Å². The number of carbonyl (C=O) groups excluding carboxylic acids is 2. The Morgan fingerprint density at radius 2 is 2.06 bits per heavy atom. The van der Waals surface area contributed by atoms with Gasteiger partial charge >= 0.3 is 5.97 Å². The van der Waals surface area contributed by atoms with Crippen LogP contribution in [0.3, 0.4) is 0 Å². The van der Waals surface area contributed by atoms with Crippen LogP contribution >= 0.6 is 23.1 Å². The minimum absolute atomic E-state index is 0.0962. The van der Waals surface area contributed by atoms with Gasteiger partial charge in [0.05, 0.1) is 30.7 Å². The molecule has 3 aromatic rings. The molecule has 1 amide bonds. The minimum Gasteiger partial charge on any atom is -0.497 e. The third kappa shape index (κ3) is 5.25. The summed E-state index contributed by atoms with van der Waals surface area (Å²) in [5, 5.41) is 15.8. The van der Waals surface area contributed by atoms with E-state index in [9.17, 15) is 9.59 Å². The van der Waals surface area contributed by atoms with Gasteiger partial charge in [-0.25, -0.2) is 4.79 Å². The highest BCUT2D eigenvalue weighted by molar-refractivity contribution is 7.99. The van der Waals surface area contributed by atoms with Crippen LogP contribution in [0.4, 0.5) is 5.00 Å². The maximum absolute atomic E-state index is 12.8. The van der Waals surface area contributed by atoms with Crippen LogP contribution in [0.15, 0.2) is 29.4 Å². The summed E-state index contributed by atoms with van der Waals surface area (Å²) in [5.74, 6) is 0.828. The molecule has 1 aromatic carbocycles. The van der Waals surface area contributed by atoms with E-state index in [1.807, 2.05) is 24.3 Å². The number of nitrogens with zero attached hydrogens (tertiary/aromatic N) is 4. The van der Waals surface area contributed by atoms with Gasteiger partial charge in [-0.1, -0.05) is 25.1 Å². The monoisotopic (exact) mass is 501 g/mol. The number of thiophene rings is 1. The number of esters is 1. The summed E-state index contributed by atoms with van der Waals surface area (Å²) in [5.41, 5.74) is 2.30. The summed E-state index contributed by atoms with van der Waals surface area (Å²) in [6, 6.07) is 7.31. The molecule has 0 bridgehead atoms. The van der Waals surface area contributed by atoms with E-state index in [1.165, 1.54) is 28.0 Å². The Kier molecular flexibility index (Phi) is 7.84. The molecule has 2 heterocycles. The van der Waals surface area contributed by atoms with Crippen molar-refractivity contribution in [3.8, 4) is 11.4 Å². The number of rotatable bonds is 9. The first-order valence-corrected chi connectivity index (χ1v) is 13.0. The zero-order chi connectivity index (χ0) is 24.1. The third-order valence-corrected chi connectivity index (χ3v) is 7.86. The van der Waals surface area contributed by atoms with Gasteiger partial charge in [0.25, 0.3) is 0 Å². The summed E-state index contributed by atoms with van der Waals surface area (Å²) in [6.07, 6.45) is 3.92. The van der Waals surface area contributed by atoms with Crippen molar-refractivity contribution in [2.75, 3.05) is 24.8 Å². The number of amides is 1. The number of anilines is 1. The summed E-state index contributed by atoms with van der Waals surface area (Å²) < 4.78 is 12.1. The zero-order valence-corrected chi connectivity index (χ0v) is 21.0. The molecular weight excluding hydrogens is 474 g/mol. The van der Waals surface area contributed by atoms with E-state index >= 15 is 0 Å². The molecule has 0 saturated heterocycles. The van der Waals surface area contributed by atoms with Crippen LogP contribution < -0.4 is 10.1 Å². The van der Waals surface area contributed by atoms with E-state index in [1.54, 1.807) is 18.7 Å². The predicted octanol–water partition coefficient (Wildman–Crippen LogP) is 4.15. The number of benzene rings is 1. The maximum Gasteiger partial charge on any atom is 0.341 e. The lowest BCUT2D eigenvalue weighted by Crippen LogP contribution is -2.18. The Balaban J connectivity index is 1.47. The van der Waals surface area contributed by atoms with E-state index in [0.717, 1.165) is 42.7 Å². The summed E-state index contributed by atoms with van der Waals surface area (Å²) in [7, 11) is 1.60. The third-order valence-electron chi connectivity index (χ3n) is 5.77. The van der Waals surface area contributed by atoms with E-state index in [4.69, 9.17) is 9.47 Å². The standard InChI is InChI=1S/C23H27N5O4S2/c1-4-14-6-11-17-18(12-14)34-21(20(17)22(30)32-5-2)24-19(29)13-33-23-25-26-27-28(23)15-7-9-16(31-3)10-8-15/h7-10,14H,4-6,11-13H2,1-3H3,(H,24,29). The van der Waals surface area contributed by atoms with Crippen LogP contribution in [-0.4, -0.2) is 51.6 Å². The number of thioether (sulfide) groups is 1. The molecule has 0 fully saturated rings. The molecule has 1 aliphatic carbocycles. The Bertz CT molecular complexity index is 1160. The fraction of sp³-hybridized carbons (Fsp3) is 0.435. The topological polar surface area (TPSA) is 108 Å². The average Bonchev–Trinajstić information content (AvgIpc) is 3.46. The summed E-state index contributed by atoms with van der Waals surface area (Å²) in [6.45, 7) is 4.26. The molecule has 1 unspecified atom stereocenters. The molecule has 34 heavy (non-hydrogen) atoms. The van der Waals surface area contributed by atoms with E-state index < -0.39 is 0 Å². The second-order valence-electron chi connectivity index (χ2n) is 7.85. The number of ether oxygens (including phenoxy) is 2. The van der Waals surface area contributed by atoms with Crippen molar-refractivity contribution in [1.82, 2.24) is 20.2 Å². The number of hydrogen-bond donors (Lipinski definition) is 1. The maximum atomic E-state index is 12.8. The Hall–Kier alpha value is -2.92. The van der Waals surface area contributed by atoms with E-state index in [-0.39, 0.29) is 24.2 Å². The molecule has 180 valence electrons. The van der Waals surface area contributed by atoms with Gasteiger partial charge in [0.15, 0.2) is 0 Å². The minimum atomic E-state index is -0.374. The Morgan fingerprint density at radius 1 is 1.26 bits per heavy atom. The van der Waals surface area contributed by atoms with Crippen molar-refractivity contribution in [3.63, 3.8) is 0 Å². The normalized spacial score (nSPS) is 15.0. The van der Waals surface area contributed by atoms with Crippen LogP contribution in [0, 0.1) is 5.92 Å². The van der Waals surface area contributed by atoms with Crippen LogP contribution in [0.5, 0.6) is 5.75 Å². The lowest BCUT2D eigenvalue weighted by molar-refractivity contribution is -0.113. The highest BCUT2D eigenvalue weighted by Crippen LogP contribution is 2.41. The van der Waals surface area contributed by atoms with Gasteiger partial charge in [-0.2, -0.15) is 4.68 Å². The summed E-state index contributed by atoms with van der Waals surface area (Å²) >= 11 is 2.71. The fourth-order valence-corrected chi connectivity index (χ4v) is 6.01. The molecule has 1 aliphatic rings. The molecule has 11 heteroatoms. The zero-order valence-electron chi connectivity index (χ0n) is 19.4. The van der Waals surface area contributed by atoms with Crippen LogP contribution in [0.1, 0.15) is 47.5 Å². The molecule has 2 aromatic heterocycles. The first-order valence-electron chi connectivity index (χ1n) is 11.2. The Morgan fingerprint density at radius 3 is 2.76 bits per heavy atom. The molecule has 0 aliphatic heterocycles. The number of carbonyl (C=O) groups is 2. The molecule has 0 saturated carbocycles. The largest absolute Gasteiger partial charge is 0.497 e. The van der Waals surface area contributed by atoms with Crippen molar-refractivity contribution < 1.29 is 19.1 Å². The molecule has 0 radical (unpaired) electrons. The highest BCUT2D eigenvalue weighted by Gasteiger charge is 2.30. The highest BCUT2D eigenvalue weighted by atomic mass is 32.2. The number of fused-ring (bicyclic) bond motifs is 1. The van der Waals surface area contributed by atoms with Crippen molar-refractivity contribution in [2.24, 2.45) is 5.92 Å². The number of aromatic nitrogens is 4. The molecule has 1 N–H and O–H groups in total. The number of methoxy groups -OCH3 is 1. The van der Waals surface area contributed by atoms with Gasteiger partial charge in [0, 0.05) is 4.88 Å². The van der Waals surface area contributed by atoms with Gasteiger partial charge in [-0.3, -0.25) is 4.79 Å². The first-order chi connectivity index (χ1) is 16.5. The molecule has 0 spiro atoms. The van der Waals surface area contributed by atoms with Crippen molar-refractivity contribution >= 4 is 40.0 Å². The van der Waals surface area contributed by atoms with E-state index in [0.29, 0.717) is 21.6 Å². The first kappa shape index (κ1) is 24.2. The Labute approximate surface area is 206 Å². The molecule has 4 rings (SSSR count). The van der Waals surface area contributed by atoms with Crippen LogP contribution in [0.2, 0.25) is 0 Å². The van der Waals surface area contributed by atoms with Crippen molar-refractivity contribution in [2.45, 2.75) is 44.7 Å². The van der Waals surface area contributed by atoms with Crippen LogP contribution in [0.25, 0.3) is 5.69 Å². The van der Waals surface area contributed by atoms with Gasteiger partial charge in [0.2, 0.25) is 11.1 Å². The van der Waals surface area contributed by atoms with Crippen molar-refractivity contribution in [1.29, 1.82) is 0 Å². The molecular formula is C23H27N5O4S2. The van der Waals surface area contributed by atoms with Gasteiger partial charge in [0.1, 0.15) is 10.8 Å². The quantitative estimate of drug-likeness (QED) is 0.344. The fourth-order valence-electron chi connectivity index (χ4n) is 3.96. The van der Waals surface area contributed by atoms with Gasteiger partial charge in [-0.15, -0.1) is 16.4 Å². The second kappa shape index (κ2) is 11.0. The second-order valence-corrected chi connectivity index (χ2v) is 9.90. The molecule has 9 nitrogen and oxygen atoms in total. The smallest absolute Gasteiger partial charge is 0.341 e. The average molecular weight is 502 g/mol. The number of tetrazole rings is 1. The SMILES string of the molecule is CCOC(=O)c1c(NC(=O)CSc2nnnn2-c2ccc(OC)cc2)sc2c1CCC(CC)C2. The van der Waals surface area contributed by atoms with Gasteiger partial charge < -0.3 is 14.8 Å². The number of hydrogen-bond acceptors (Lipinski definition) is 9. The van der Waals surface area contributed by atoms with Crippen LogP contribution in [-0.2, 0) is 22.4 Å².